The number of ether oxygens (including phenoxy) is 1. The van der Waals surface area contributed by atoms with Gasteiger partial charge in [-0.25, -0.2) is 17.7 Å². The SMILES string of the molecule is COc1cc(S(=O)(=O)N(C)C)ccc1-c1cn2cc[nH]c(=O)c2n1. The Morgan fingerprint density at radius 1 is 1.29 bits per heavy atom. The first-order chi connectivity index (χ1) is 11.3. The van der Waals surface area contributed by atoms with Gasteiger partial charge in [-0.05, 0) is 12.1 Å². The Labute approximate surface area is 138 Å². The van der Waals surface area contributed by atoms with Crippen molar-refractivity contribution in [2.45, 2.75) is 4.90 Å². The summed E-state index contributed by atoms with van der Waals surface area (Å²) in [7, 11) is 0.810. The number of aromatic amines is 1. The Bertz CT molecular complexity index is 1070. The van der Waals surface area contributed by atoms with Crippen LogP contribution in [-0.4, -0.2) is 48.3 Å². The number of rotatable bonds is 4. The van der Waals surface area contributed by atoms with Crippen LogP contribution in [-0.2, 0) is 10.0 Å². The van der Waals surface area contributed by atoms with Gasteiger partial charge in [-0.3, -0.25) is 4.79 Å². The minimum atomic E-state index is -3.57. The van der Waals surface area contributed by atoms with Crippen LogP contribution in [0.15, 0.2) is 46.5 Å². The van der Waals surface area contributed by atoms with E-state index in [0.29, 0.717) is 17.0 Å². The number of nitrogens with zero attached hydrogens (tertiary/aromatic N) is 3. The van der Waals surface area contributed by atoms with E-state index in [-0.39, 0.29) is 16.1 Å². The number of hydrogen-bond donors (Lipinski definition) is 1. The van der Waals surface area contributed by atoms with Crippen molar-refractivity contribution < 1.29 is 13.2 Å². The van der Waals surface area contributed by atoms with E-state index < -0.39 is 10.0 Å². The van der Waals surface area contributed by atoms with Crippen molar-refractivity contribution in [3.05, 3.63) is 47.1 Å². The standard InChI is InChI=1S/C15H16N4O4S/c1-18(2)24(21,22)10-4-5-11(13(8-10)23-3)12-9-19-7-6-16-15(20)14(19)17-12/h4-9H,1-3H3,(H,16,20). The van der Waals surface area contributed by atoms with E-state index in [0.717, 1.165) is 4.31 Å². The zero-order chi connectivity index (χ0) is 17.5. The molecule has 0 aliphatic rings. The largest absolute Gasteiger partial charge is 0.496 e. The van der Waals surface area contributed by atoms with Gasteiger partial charge in [0.25, 0.3) is 5.56 Å². The van der Waals surface area contributed by atoms with Gasteiger partial charge in [-0.1, -0.05) is 0 Å². The van der Waals surface area contributed by atoms with Crippen molar-refractivity contribution >= 4 is 15.7 Å². The molecule has 0 spiro atoms. The maximum Gasteiger partial charge on any atom is 0.291 e. The van der Waals surface area contributed by atoms with Crippen molar-refractivity contribution in [2.75, 3.05) is 21.2 Å². The number of H-pyrrole nitrogens is 1. The van der Waals surface area contributed by atoms with Crippen LogP contribution in [0.1, 0.15) is 0 Å². The zero-order valence-corrected chi connectivity index (χ0v) is 14.2. The third-order valence-electron chi connectivity index (χ3n) is 3.61. The molecule has 0 bridgehead atoms. The molecular formula is C15H16N4O4S. The molecule has 1 N–H and O–H groups in total. The molecule has 0 radical (unpaired) electrons. The lowest BCUT2D eigenvalue weighted by molar-refractivity contribution is 0.414. The fourth-order valence-corrected chi connectivity index (χ4v) is 3.23. The summed E-state index contributed by atoms with van der Waals surface area (Å²) >= 11 is 0. The summed E-state index contributed by atoms with van der Waals surface area (Å²) in [6.45, 7) is 0. The molecular weight excluding hydrogens is 332 g/mol. The van der Waals surface area contributed by atoms with Crippen molar-refractivity contribution in [3.63, 3.8) is 0 Å². The molecule has 9 heteroatoms. The molecule has 0 saturated heterocycles. The Hall–Kier alpha value is -2.65. The lowest BCUT2D eigenvalue weighted by Crippen LogP contribution is -2.22. The minimum absolute atomic E-state index is 0.120. The minimum Gasteiger partial charge on any atom is -0.496 e. The van der Waals surface area contributed by atoms with Crippen molar-refractivity contribution in [1.29, 1.82) is 0 Å². The predicted molar refractivity (Wildman–Crippen MR) is 88.7 cm³/mol. The van der Waals surface area contributed by atoms with Gasteiger partial charge in [-0.15, -0.1) is 0 Å². The number of benzene rings is 1. The molecule has 0 atom stereocenters. The highest BCUT2D eigenvalue weighted by molar-refractivity contribution is 7.89. The van der Waals surface area contributed by atoms with Crippen LogP contribution in [0.5, 0.6) is 5.75 Å². The van der Waals surface area contributed by atoms with E-state index in [1.807, 2.05) is 0 Å². The van der Waals surface area contributed by atoms with Gasteiger partial charge < -0.3 is 14.1 Å². The van der Waals surface area contributed by atoms with E-state index in [1.165, 1.54) is 39.5 Å². The summed E-state index contributed by atoms with van der Waals surface area (Å²) in [6.07, 6.45) is 4.87. The third-order valence-corrected chi connectivity index (χ3v) is 5.42. The summed E-state index contributed by atoms with van der Waals surface area (Å²) in [4.78, 5) is 18.8. The van der Waals surface area contributed by atoms with Crippen molar-refractivity contribution in [1.82, 2.24) is 18.7 Å². The second-order valence-corrected chi connectivity index (χ2v) is 7.45. The van der Waals surface area contributed by atoms with Crippen LogP contribution in [0.3, 0.4) is 0 Å². The second kappa shape index (κ2) is 5.77. The fourth-order valence-electron chi connectivity index (χ4n) is 2.32. The van der Waals surface area contributed by atoms with Gasteiger partial charge >= 0.3 is 0 Å². The quantitative estimate of drug-likeness (QED) is 0.757. The smallest absolute Gasteiger partial charge is 0.291 e. The van der Waals surface area contributed by atoms with Crippen LogP contribution < -0.4 is 10.3 Å². The maximum absolute atomic E-state index is 12.2. The van der Waals surface area contributed by atoms with Crippen LogP contribution in [0, 0.1) is 0 Å². The summed E-state index contributed by atoms with van der Waals surface area (Å²) in [6, 6.07) is 4.55. The molecule has 3 aromatic rings. The third kappa shape index (κ3) is 2.57. The number of aromatic nitrogens is 3. The normalized spacial score (nSPS) is 12.0. The summed E-state index contributed by atoms with van der Waals surface area (Å²) < 4.78 is 32.5. The van der Waals surface area contributed by atoms with E-state index in [9.17, 15) is 13.2 Å². The van der Waals surface area contributed by atoms with Crippen LogP contribution >= 0.6 is 0 Å². The topological polar surface area (TPSA) is 96.8 Å². The summed E-state index contributed by atoms with van der Waals surface area (Å²) in [5, 5.41) is 0. The first-order valence-electron chi connectivity index (χ1n) is 7.02. The Morgan fingerprint density at radius 2 is 2.04 bits per heavy atom. The van der Waals surface area contributed by atoms with Gasteiger partial charge in [0.1, 0.15) is 5.75 Å². The molecule has 2 heterocycles. The van der Waals surface area contributed by atoms with E-state index >= 15 is 0 Å². The molecule has 0 amide bonds. The molecule has 126 valence electrons. The number of fused-ring (bicyclic) bond motifs is 1. The van der Waals surface area contributed by atoms with E-state index in [2.05, 4.69) is 9.97 Å². The maximum atomic E-state index is 12.2. The Morgan fingerprint density at radius 3 is 2.67 bits per heavy atom. The first-order valence-corrected chi connectivity index (χ1v) is 8.46. The van der Waals surface area contributed by atoms with Crippen LogP contribution in [0.25, 0.3) is 16.9 Å². The molecule has 0 fully saturated rings. The number of methoxy groups -OCH3 is 1. The van der Waals surface area contributed by atoms with Gasteiger partial charge in [0, 0.05) is 44.3 Å². The van der Waals surface area contributed by atoms with Crippen molar-refractivity contribution in [3.8, 4) is 17.0 Å². The van der Waals surface area contributed by atoms with Crippen LogP contribution in [0.4, 0.5) is 0 Å². The monoisotopic (exact) mass is 348 g/mol. The lowest BCUT2D eigenvalue weighted by Gasteiger charge is -2.13. The molecule has 1 aromatic carbocycles. The highest BCUT2D eigenvalue weighted by atomic mass is 32.2. The molecule has 2 aromatic heterocycles. The average molecular weight is 348 g/mol. The number of nitrogens with one attached hydrogen (secondary N) is 1. The molecule has 0 aliphatic carbocycles. The Balaban J connectivity index is 2.17. The average Bonchev–Trinajstić information content (AvgIpc) is 2.99. The van der Waals surface area contributed by atoms with Gasteiger partial charge in [0.2, 0.25) is 15.7 Å². The summed E-state index contributed by atoms with van der Waals surface area (Å²) in [5.41, 5.74) is 1.05. The van der Waals surface area contributed by atoms with Crippen molar-refractivity contribution in [2.24, 2.45) is 0 Å². The summed E-state index contributed by atoms with van der Waals surface area (Å²) in [5.74, 6) is 0.359. The molecule has 8 nitrogen and oxygen atoms in total. The van der Waals surface area contributed by atoms with Gasteiger partial charge in [0.05, 0.1) is 17.7 Å². The van der Waals surface area contributed by atoms with E-state index in [4.69, 9.17) is 4.74 Å². The molecule has 24 heavy (non-hydrogen) atoms. The molecule has 0 unspecified atom stereocenters. The zero-order valence-electron chi connectivity index (χ0n) is 13.3. The highest BCUT2D eigenvalue weighted by Gasteiger charge is 2.20. The first kappa shape index (κ1) is 16.2. The Kier molecular flexibility index (Phi) is 3.90. The van der Waals surface area contributed by atoms with E-state index in [1.54, 1.807) is 22.9 Å². The predicted octanol–water partition coefficient (Wildman–Crippen LogP) is 0.949. The number of hydrogen-bond acceptors (Lipinski definition) is 5. The number of sulfonamides is 1. The fraction of sp³-hybridized carbons (Fsp3) is 0.200. The molecule has 3 rings (SSSR count). The van der Waals surface area contributed by atoms with Gasteiger partial charge in [0.15, 0.2) is 0 Å². The highest BCUT2D eigenvalue weighted by Crippen LogP contribution is 2.32. The molecule has 0 aliphatic heterocycles. The molecule has 0 saturated carbocycles. The number of imidazole rings is 1. The second-order valence-electron chi connectivity index (χ2n) is 5.30. The van der Waals surface area contributed by atoms with Gasteiger partial charge in [-0.2, -0.15) is 0 Å². The lowest BCUT2D eigenvalue weighted by atomic mass is 10.1. The van der Waals surface area contributed by atoms with Crippen LogP contribution in [0.2, 0.25) is 0 Å².